The lowest BCUT2D eigenvalue weighted by Gasteiger charge is -1.94. The van der Waals surface area contributed by atoms with E-state index >= 15 is 0 Å². The van der Waals surface area contributed by atoms with Crippen LogP contribution >= 0.6 is 34.7 Å². The predicted octanol–water partition coefficient (Wildman–Crippen LogP) is 5.20. The molecule has 0 amide bonds. The van der Waals surface area contributed by atoms with Crippen molar-refractivity contribution in [1.82, 2.24) is 15.1 Å². The van der Waals surface area contributed by atoms with Crippen LogP contribution in [-0.2, 0) is 5.75 Å². The first-order valence-corrected chi connectivity index (χ1v) is 9.53. The van der Waals surface area contributed by atoms with Crippen molar-refractivity contribution in [2.75, 3.05) is 0 Å². The molecule has 2 aromatic carbocycles. The summed E-state index contributed by atoms with van der Waals surface area (Å²) in [5.74, 6) is 1.20. The van der Waals surface area contributed by atoms with E-state index in [4.69, 9.17) is 16.1 Å². The first-order valence-electron chi connectivity index (χ1n) is 7.35. The third kappa shape index (κ3) is 3.55. The van der Waals surface area contributed by atoms with Gasteiger partial charge in [-0.1, -0.05) is 40.7 Å². The molecule has 0 fully saturated rings. The van der Waals surface area contributed by atoms with E-state index < -0.39 is 4.92 Å². The van der Waals surface area contributed by atoms with E-state index in [0.717, 1.165) is 14.6 Å². The normalized spacial score (nSPS) is 11.1. The molecular formula is C16H9ClN4O3S2. The average molecular weight is 405 g/mol. The van der Waals surface area contributed by atoms with Crippen LogP contribution in [0, 0.1) is 10.1 Å². The predicted molar refractivity (Wildman–Crippen MR) is 101 cm³/mol. The van der Waals surface area contributed by atoms with Crippen LogP contribution in [-0.4, -0.2) is 20.0 Å². The van der Waals surface area contributed by atoms with Gasteiger partial charge in [0, 0.05) is 22.7 Å². The number of thiazole rings is 1. The Kier molecular flexibility index (Phi) is 4.58. The van der Waals surface area contributed by atoms with Gasteiger partial charge in [0.25, 0.3) is 5.69 Å². The van der Waals surface area contributed by atoms with Crippen molar-refractivity contribution in [2.24, 2.45) is 0 Å². The third-order valence-electron chi connectivity index (χ3n) is 3.43. The van der Waals surface area contributed by atoms with Gasteiger partial charge in [-0.2, -0.15) is 4.98 Å². The van der Waals surface area contributed by atoms with E-state index in [0.29, 0.717) is 28.1 Å². The largest absolute Gasteiger partial charge is 0.338 e. The van der Waals surface area contributed by atoms with Crippen molar-refractivity contribution >= 4 is 50.6 Å². The molecule has 0 aliphatic carbocycles. The van der Waals surface area contributed by atoms with Crippen molar-refractivity contribution in [3.05, 3.63) is 63.5 Å². The molecule has 2 aromatic heterocycles. The van der Waals surface area contributed by atoms with Crippen LogP contribution < -0.4 is 0 Å². The van der Waals surface area contributed by atoms with Gasteiger partial charge in [0.15, 0.2) is 4.34 Å². The molecule has 4 rings (SSSR count). The molecule has 7 nitrogen and oxygen atoms in total. The van der Waals surface area contributed by atoms with Crippen LogP contribution in [0.25, 0.3) is 21.6 Å². The zero-order valence-corrected chi connectivity index (χ0v) is 15.3. The van der Waals surface area contributed by atoms with Gasteiger partial charge in [0.1, 0.15) is 0 Å². The molecule has 0 N–H and O–H groups in total. The summed E-state index contributed by atoms with van der Waals surface area (Å²) < 4.78 is 7.17. The smallest absolute Gasteiger partial charge is 0.270 e. The summed E-state index contributed by atoms with van der Waals surface area (Å²) in [6.45, 7) is 0. The Balaban J connectivity index is 1.49. The van der Waals surface area contributed by atoms with E-state index in [9.17, 15) is 10.1 Å². The lowest BCUT2D eigenvalue weighted by Crippen LogP contribution is -1.89. The van der Waals surface area contributed by atoms with Crippen molar-refractivity contribution in [3.8, 4) is 11.4 Å². The summed E-state index contributed by atoms with van der Waals surface area (Å²) in [6.07, 6.45) is 0. The summed E-state index contributed by atoms with van der Waals surface area (Å²) in [5.41, 5.74) is 1.37. The van der Waals surface area contributed by atoms with Crippen molar-refractivity contribution < 1.29 is 9.45 Å². The van der Waals surface area contributed by atoms with Gasteiger partial charge >= 0.3 is 0 Å². The maximum atomic E-state index is 10.9. The van der Waals surface area contributed by atoms with Crippen LogP contribution in [0.3, 0.4) is 0 Å². The Morgan fingerprint density at radius 2 is 2.12 bits per heavy atom. The van der Waals surface area contributed by atoms with Gasteiger partial charge in [0.05, 0.1) is 20.9 Å². The van der Waals surface area contributed by atoms with Gasteiger partial charge in [-0.25, -0.2) is 4.98 Å². The molecule has 4 aromatic rings. The molecule has 0 saturated heterocycles. The standard InChI is InChI=1S/C16H9ClN4O3S2/c17-10-4-5-13-12(7-10)18-16(26-13)25-8-14-19-15(20-24-14)9-2-1-3-11(6-9)21(22)23/h1-7H,8H2. The first-order chi connectivity index (χ1) is 12.6. The maximum absolute atomic E-state index is 10.9. The van der Waals surface area contributed by atoms with Crippen molar-refractivity contribution in [3.63, 3.8) is 0 Å². The second kappa shape index (κ2) is 7.02. The number of nitrogens with zero attached hydrogens (tertiary/aromatic N) is 4. The highest BCUT2D eigenvalue weighted by atomic mass is 35.5. The highest BCUT2D eigenvalue weighted by Crippen LogP contribution is 2.32. The molecule has 2 heterocycles. The van der Waals surface area contributed by atoms with Gasteiger partial charge in [-0.3, -0.25) is 10.1 Å². The number of nitro groups is 1. The van der Waals surface area contributed by atoms with Gasteiger partial charge in [-0.15, -0.1) is 11.3 Å². The molecule has 0 atom stereocenters. The SMILES string of the molecule is O=[N+]([O-])c1cccc(-c2noc(CSc3nc4cc(Cl)ccc4s3)n2)c1. The Morgan fingerprint density at radius 3 is 2.96 bits per heavy atom. The van der Waals surface area contributed by atoms with E-state index in [1.165, 1.54) is 23.9 Å². The number of benzene rings is 2. The Morgan fingerprint density at radius 1 is 1.23 bits per heavy atom. The number of aromatic nitrogens is 3. The Bertz CT molecular complexity index is 1110. The zero-order valence-electron chi connectivity index (χ0n) is 13.0. The van der Waals surface area contributed by atoms with Gasteiger partial charge in [-0.05, 0) is 18.2 Å². The molecule has 0 aliphatic heterocycles. The van der Waals surface area contributed by atoms with Gasteiger partial charge < -0.3 is 4.52 Å². The molecule has 0 spiro atoms. The zero-order chi connectivity index (χ0) is 18.1. The van der Waals surface area contributed by atoms with Gasteiger partial charge in [0.2, 0.25) is 11.7 Å². The van der Waals surface area contributed by atoms with E-state index in [1.54, 1.807) is 23.5 Å². The maximum Gasteiger partial charge on any atom is 0.270 e. The Labute approximate surface area is 160 Å². The summed E-state index contributed by atoms with van der Waals surface area (Å²) in [6, 6.07) is 11.7. The molecule has 0 aliphatic rings. The highest BCUT2D eigenvalue weighted by Gasteiger charge is 2.14. The fraction of sp³-hybridized carbons (Fsp3) is 0.0625. The molecule has 130 valence electrons. The number of nitro benzene ring substituents is 1. The van der Waals surface area contributed by atoms with Crippen LogP contribution in [0.1, 0.15) is 5.89 Å². The average Bonchev–Trinajstić information content (AvgIpc) is 3.26. The molecule has 10 heteroatoms. The second-order valence-corrected chi connectivity index (χ2v) is 7.89. The summed E-state index contributed by atoms with van der Waals surface area (Å²) in [7, 11) is 0. The minimum atomic E-state index is -0.459. The lowest BCUT2D eigenvalue weighted by molar-refractivity contribution is -0.384. The fourth-order valence-electron chi connectivity index (χ4n) is 2.25. The van der Waals surface area contributed by atoms with Crippen LogP contribution in [0.2, 0.25) is 5.02 Å². The topological polar surface area (TPSA) is 95.0 Å². The quantitative estimate of drug-likeness (QED) is 0.256. The minimum absolute atomic E-state index is 0.0173. The lowest BCUT2D eigenvalue weighted by atomic mass is 10.2. The van der Waals surface area contributed by atoms with Crippen LogP contribution in [0.4, 0.5) is 5.69 Å². The number of fused-ring (bicyclic) bond motifs is 1. The van der Waals surface area contributed by atoms with E-state index in [1.807, 2.05) is 18.2 Å². The molecule has 0 unspecified atom stereocenters. The summed E-state index contributed by atoms with van der Waals surface area (Å²) in [4.78, 5) is 19.2. The second-order valence-electron chi connectivity index (χ2n) is 5.20. The minimum Gasteiger partial charge on any atom is -0.338 e. The first kappa shape index (κ1) is 17.0. The molecule has 0 saturated carbocycles. The number of halogens is 1. The number of non-ortho nitro benzene ring substituents is 1. The number of hydrogen-bond donors (Lipinski definition) is 0. The van der Waals surface area contributed by atoms with E-state index in [2.05, 4.69) is 15.1 Å². The number of thioether (sulfide) groups is 1. The summed E-state index contributed by atoms with van der Waals surface area (Å²) >= 11 is 9.02. The molecule has 0 radical (unpaired) electrons. The van der Waals surface area contributed by atoms with Crippen LogP contribution in [0.5, 0.6) is 0 Å². The molecule has 26 heavy (non-hydrogen) atoms. The number of rotatable bonds is 5. The Hall–Kier alpha value is -2.49. The van der Waals surface area contributed by atoms with Crippen molar-refractivity contribution in [2.45, 2.75) is 10.1 Å². The van der Waals surface area contributed by atoms with Crippen LogP contribution in [0.15, 0.2) is 51.3 Å². The number of hydrogen-bond acceptors (Lipinski definition) is 8. The third-order valence-corrected chi connectivity index (χ3v) is 5.83. The fourth-order valence-corrected chi connectivity index (χ4v) is 4.31. The monoisotopic (exact) mass is 404 g/mol. The summed E-state index contributed by atoms with van der Waals surface area (Å²) in [5, 5.41) is 15.4. The van der Waals surface area contributed by atoms with Crippen molar-refractivity contribution in [1.29, 1.82) is 0 Å². The molecular weight excluding hydrogens is 396 g/mol. The highest BCUT2D eigenvalue weighted by molar-refractivity contribution is 8.00. The van der Waals surface area contributed by atoms with E-state index in [-0.39, 0.29) is 5.69 Å². The molecule has 0 bridgehead atoms.